The van der Waals surface area contributed by atoms with Crippen molar-refractivity contribution in [3.63, 3.8) is 0 Å². The van der Waals surface area contributed by atoms with Gasteiger partial charge in [0.1, 0.15) is 0 Å². The molecule has 1 fully saturated rings. The van der Waals surface area contributed by atoms with E-state index in [2.05, 4.69) is 5.10 Å². The summed E-state index contributed by atoms with van der Waals surface area (Å²) in [4.78, 5) is 0. The van der Waals surface area contributed by atoms with Crippen molar-refractivity contribution < 1.29 is 4.74 Å². The molecular weight excluding hydrogens is 214 g/mol. The van der Waals surface area contributed by atoms with Crippen molar-refractivity contribution in [1.29, 1.82) is 0 Å². The van der Waals surface area contributed by atoms with Crippen LogP contribution < -0.4 is 5.73 Å². The molecule has 0 aliphatic carbocycles. The minimum Gasteiger partial charge on any atom is -0.372 e. The summed E-state index contributed by atoms with van der Waals surface area (Å²) in [6.45, 7) is 3.34. The lowest BCUT2D eigenvalue weighted by atomic mass is 10.2. The van der Waals surface area contributed by atoms with Crippen molar-refractivity contribution in [1.82, 2.24) is 9.78 Å². The Bertz CT molecular complexity index is 339. The van der Waals surface area contributed by atoms with E-state index in [0.717, 1.165) is 25.1 Å². The van der Waals surface area contributed by atoms with Crippen LogP contribution in [0.2, 0.25) is 5.02 Å². The second-order valence-electron chi connectivity index (χ2n) is 3.95. The van der Waals surface area contributed by atoms with E-state index in [9.17, 15) is 0 Å². The van der Waals surface area contributed by atoms with Gasteiger partial charge in [0.15, 0.2) is 0 Å². The van der Waals surface area contributed by atoms with E-state index < -0.39 is 0 Å². The summed E-state index contributed by atoms with van der Waals surface area (Å²) in [7, 11) is 0. The van der Waals surface area contributed by atoms with E-state index >= 15 is 0 Å². The quantitative estimate of drug-likeness (QED) is 0.852. The second-order valence-corrected chi connectivity index (χ2v) is 4.36. The zero-order valence-electron chi connectivity index (χ0n) is 8.82. The van der Waals surface area contributed by atoms with Crippen molar-refractivity contribution >= 4 is 11.6 Å². The maximum Gasteiger partial charge on any atom is 0.0814 e. The first-order valence-corrected chi connectivity index (χ1v) is 5.62. The molecule has 1 aromatic rings. The lowest BCUT2D eigenvalue weighted by Gasteiger charge is -2.13. The molecule has 0 saturated carbocycles. The maximum absolute atomic E-state index is 5.93. The molecular formula is C10H16ClN3O. The van der Waals surface area contributed by atoms with Crippen LogP contribution in [0.5, 0.6) is 0 Å². The molecule has 5 heteroatoms. The normalized spacial score (nSPS) is 26.1. The molecule has 4 nitrogen and oxygen atoms in total. The predicted molar refractivity (Wildman–Crippen MR) is 58.9 cm³/mol. The van der Waals surface area contributed by atoms with Crippen molar-refractivity contribution in [2.75, 3.05) is 6.54 Å². The fraction of sp³-hybridized carbons (Fsp3) is 0.700. The van der Waals surface area contributed by atoms with Crippen LogP contribution in [0.3, 0.4) is 0 Å². The Balaban J connectivity index is 1.95. The maximum atomic E-state index is 5.93. The summed E-state index contributed by atoms with van der Waals surface area (Å²) in [6.07, 6.45) is 4.23. The first-order chi connectivity index (χ1) is 7.20. The van der Waals surface area contributed by atoms with Gasteiger partial charge in [-0.1, -0.05) is 11.6 Å². The topological polar surface area (TPSA) is 53.1 Å². The van der Waals surface area contributed by atoms with Crippen LogP contribution in [0, 0.1) is 6.92 Å². The molecule has 15 heavy (non-hydrogen) atoms. The van der Waals surface area contributed by atoms with Gasteiger partial charge in [-0.3, -0.25) is 4.68 Å². The number of hydrogen-bond acceptors (Lipinski definition) is 3. The summed E-state index contributed by atoms with van der Waals surface area (Å²) in [5.41, 5.74) is 6.55. The Hall–Kier alpha value is -0.580. The molecule has 1 aliphatic heterocycles. The highest BCUT2D eigenvalue weighted by Crippen LogP contribution is 2.22. The molecule has 2 atom stereocenters. The highest BCUT2D eigenvalue weighted by atomic mass is 35.5. The minimum absolute atomic E-state index is 0.223. The monoisotopic (exact) mass is 229 g/mol. The molecule has 84 valence electrons. The molecule has 1 saturated heterocycles. The van der Waals surface area contributed by atoms with Gasteiger partial charge in [0.2, 0.25) is 0 Å². The summed E-state index contributed by atoms with van der Waals surface area (Å²) >= 11 is 5.93. The van der Waals surface area contributed by atoms with Gasteiger partial charge in [-0.15, -0.1) is 0 Å². The fourth-order valence-electron chi connectivity index (χ4n) is 1.89. The van der Waals surface area contributed by atoms with Crippen LogP contribution in [0.4, 0.5) is 0 Å². The number of nitrogens with two attached hydrogens (primary N) is 1. The Labute approximate surface area is 94.3 Å². The van der Waals surface area contributed by atoms with Crippen molar-refractivity contribution in [3.8, 4) is 0 Å². The lowest BCUT2D eigenvalue weighted by Crippen LogP contribution is -2.23. The fourth-order valence-corrected chi connectivity index (χ4v) is 2.03. The van der Waals surface area contributed by atoms with Gasteiger partial charge in [-0.25, -0.2) is 0 Å². The second kappa shape index (κ2) is 4.51. The molecule has 2 N–H and O–H groups in total. The number of nitrogens with zero attached hydrogens (tertiary/aromatic N) is 2. The van der Waals surface area contributed by atoms with Gasteiger partial charge in [-0.05, 0) is 19.8 Å². The molecule has 0 bridgehead atoms. The molecule has 2 heterocycles. The highest BCUT2D eigenvalue weighted by Gasteiger charge is 2.25. The number of aromatic nitrogens is 2. The largest absolute Gasteiger partial charge is 0.372 e. The van der Waals surface area contributed by atoms with E-state index in [1.54, 1.807) is 6.20 Å². The third-order valence-electron chi connectivity index (χ3n) is 2.88. The van der Waals surface area contributed by atoms with E-state index in [1.165, 1.54) is 0 Å². The zero-order chi connectivity index (χ0) is 10.8. The zero-order valence-corrected chi connectivity index (χ0v) is 9.57. The minimum atomic E-state index is 0.223. The Kier molecular flexibility index (Phi) is 3.29. The summed E-state index contributed by atoms with van der Waals surface area (Å²) in [5, 5.41) is 4.91. The van der Waals surface area contributed by atoms with Crippen molar-refractivity contribution in [2.24, 2.45) is 5.73 Å². The number of rotatable bonds is 3. The molecule has 2 rings (SSSR count). The SMILES string of the molecule is Cc1c(Cl)cnn1CC1CCC(CN)O1. The van der Waals surface area contributed by atoms with Crippen molar-refractivity contribution in [3.05, 3.63) is 16.9 Å². The average molecular weight is 230 g/mol. The number of hydrogen-bond donors (Lipinski definition) is 1. The smallest absolute Gasteiger partial charge is 0.0814 e. The van der Waals surface area contributed by atoms with Gasteiger partial charge in [0.05, 0.1) is 35.7 Å². The molecule has 1 aliphatic rings. The number of ether oxygens (including phenoxy) is 1. The van der Waals surface area contributed by atoms with Crippen molar-refractivity contribution in [2.45, 2.75) is 38.5 Å². The number of halogens is 1. The molecule has 0 spiro atoms. The average Bonchev–Trinajstić information content (AvgIpc) is 2.80. The van der Waals surface area contributed by atoms with E-state index in [1.807, 2.05) is 11.6 Å². The Morgan fingerprint density at radius 3 is 2.87 bits per heavy atom. The van der Waals surface area contributed by atoms with Crippen LogP contribution >= 0.6 is 11.6 Å². The molecule has 0 amide bonds. The van der Waals surface area contributed by atoms with Gasteiger partial charge in [0.25, 0.3) is 0 Å². The predicted octanol–water partition coefficient (Wildman–Crippen LogP) is 1.35. The molecule has 0 aromatic carbocycles. The van der Waals surface area contributed by atoms with Crippen LogP contribution in [-0.4, -0.2) is 28.5 Å². The van der Waals surface area contributed by atoms with Gasteiger partial charge >= 0.3 is 0 Å². The van der Waals surface area contributed by atoms with Gasteiger partial charge in [-0.2, -0.15) is 5.10 Å². The Morgan fingerprint density at radius 2 is 2.33 bits per heavy atom. The first-order valence-electron chi connectivity index (χ1n) is 5.24. The van der Waals surface area contributed by atoms with E-state index in [0.29, 0.717) is 11.6 Å². The summed E-state index contributed by atoms with van der Waals surface area (Å²) in [6, 6.07) is 0. The first kappa shape index (κ1) is 10.9. The van der Waals surface area contributed by atoms with Crippen LogP contribution in [0.25, 0.3) is 0 Å². The van der Waals surface area contributed by atoms with E-state index in [-0.39, 0.29) is 12.2 Å². The van der Waals surface area contributed by atoms with Gasteiger partial charge < -0.3 is 10.5 Å². The summed E-state index contributed by atoms with van der Waals surface area (Å²) < 4.78 is 7.64. The van der Waals surface area contributed by atoms with Gasteiger partial charge in [0, 0.05) is 6.54 Å². The van der Waals surface area contributed by atoms with Crippen LogP contribution in [0.1, 0.15) is 18.5 Å². The third-order valence-corrected chi connectivity index (χ3v) is 3.25. The molecule has 0 radical (unpaired) electrons. The highest BCUT2D eigenvalue weighted by molar-refractivity contribution is 6.31. The van der Waals surface area contributed by atoms with E-state index in [4.69, 9.17) is 22.1 Å². The standard InChI is InChI=1S/C10H16ClN3O/c1-7-10(11)5-13-14(7)6-9-3-2-8(4-12)15-9/h5,8-9H,2-4,6,12H2,1H3. The molecule has 2 unspecified atom stereocenters. The van der Waals surface area contributed by atoms with Crippen LogP contribution in [-0.2, 0) is 11.3 Å². The van der Waals surface area contributed by atoms with Crippen LogP contribution in [0.15, 0.2) is 6.20 Å². The molecule has 1 aromatic heterocycles. The summed E-state index contributed by atoms with van der Waals surface area (Å²) in [5.74, 6) is 0. The Morgan fingerprint density at radius 1 is 1.60 bits per heavy atom. The lowest BCUT2D eigenvalue weighted by molar-refractivity contribution is 0.0382. The third kappa shape index (κ3) is 2.33.